The summed E-state index contributed by atoms with van der Waals surface area (Å²) in [6.45, 7) is 0. The Kier molecular flexibility index (Phi) is 4.51. The molecule has 2 aromatic rings. The standard InChI is InChI=1S/C16H12FN3O5S/c17-11-4-5-15-13(9-11)14(6-7-26(15,24)25)18-19-16(21)10-2-1-3-12(8-10)20(22)23/h1-5,8-9H,6-7H2,(H,19,21). The molecule has 0 aromatic heterocycles. The summed E-state index contributed by atoms with van der Waals surface area (Å²) in [7, 11) is -3.53. The van der Waals surface area contributed by atoms with Gasteiger partial charge in [-0.05, 0) is 24.3 Å². The van der Waals surface area contributed by atoms with E-state index in [0.29, 0.717) is 0 Å². The molecule has 1 amide bonds. The van der Waals surface area contributed by atoms with Crippen molar-refractivity contribution in [2.75, 3.05) is 5.75 Å². The quantitative estimate of drug-likeness (QED) is 0.499. The summed E-state index contributed by atoms with van der Waals surface area (Å²) in [5.41, 5.74) is 2.31. The minimum absolute atomic E-state index is 0.00794. The van der Waals surface area contributed by atoms with Gasteiger partial charge in [0.05, 0.1) is 21.3 Å². The van der Waals surface area contributed by atoms with E-state index in [0.717, 1.165) is 24.3 Å². The average molecular weight is 377 g/mol. The van der Waals surface area contributed by atoms with Crippen molar-refractivity contribution in [1.29, 1.82) is 0 Å². The molecule has 0 spiro atoms. The molecule has 10 heteroatoms. The van der Waals surface area contributed by atoms with Gasteiger partial charge in [0.2, 0.25) is 0 Å². The Hall–Kier alpha value is -3.14. The Bertz CT molecular complexity index is 1050. The summed E-state index contributed by atoms with van der Waals surface area (Å²) in [5.74, 6) is -1.54. The molecule has 0 bridgehead atoms. The molecule has 0 fully saturated rings. The van der Waals surface area contributed by atoms with Gasteiger partial charge < -0.3 is 0 Å². The number of fused-ring (bicyclic) bond motifs is 1. The Labute approximate surface area is 147 Å². The zero-order valence-corrected chi connectivity index (χ0v) is 14.0. The Morgan fingerprint density at radius 1 is 1.23 bits per heavy atom. The van der Waals surface area contributed by atoms with Gasteiger partial charge in [-0.3, -0.25) is 14.9 Å². The molecular formula is C16H12FN3O5S. The van der Waals surface area contributed by atoms with E-state index < -0.39 is 26.5 Å². The smallest absolute Gasteiger partial charge is 0.267 e. The number of non-ortho nitro benzene ring substituents is 1. The van der Waals surface area contributed by atoms with Crippen LogP contribution >= 0.6 is 0 Å². The highest BCUT2D eigenvalue weighted by atomic mass is 32.2. The highest BCUT2D eigenvalue weighted by molar-refractivity contribution is 7.91. The van der Waals surface area contributed by atoms with E-state index in [1.807, 2.05) is 0 Å². The predicted molar refractivity (Wildman–Crippen MR) is 90.2 cm³/mol. The van der Waals surface area contributed by atoms with Gasteiger partial charge in [0.1, 0.15) is 5.82 Å². The number of amides is 1. The number of nitrogens with one attached hydrogen (secondary N) is 1. The van der Waals surface area contributed by atoms with Crippen LogP contribution in [0.2, 0.25) is 0 Å². The van der Waals surface area contributed by atoms with Gasteiger partial charge in [-0.2, -0.15) is 5.10 Å². The van der Waals surface area contributed by atoms with E-state index in [1.54, 1.807) is 0 Å². The van der Waals surface area contributed by atoms with Crippen molar-refractivity contribution in [2.45, 2.75) is 11.3 Å². The monoisotopic (exact) mass is 377 g/mol. The minimum Gasteiger partial charge on any atom is -0.267 e. The summed E-state index contributed by atoms with van der Waals surface area (Å²) in [6, 6.07) is 8.32. The lowest BCUT2D eigenvalue weighted by Crippen LogP contribution is -2.26. The third-order valence-electron chi connectivity index (χ3n) is 3.81. The van der Waals surface area contributed by atoms with Gasteiger partial charge in [0.15, 0.2) is 9.84 Å². The first-order valence-electron chi connectivity index (χ1n) is 7.42. The molecule has 0 saturated heterocycles. The molecule has 0 atom stereocenters. The third kappa shape index (κ3) is 3.45. The highest BCUT2D eigenvalue weighted by Crippen LogP contribution is 2.26. The van der Waals surface area contributed by atoms with E-state index in [1.165, 1.54) is 18.2 Å². The number of hydrazone groups is 1. The van der Waals surface area contributed by atoms with Crippen molar-refractivity contribution in [1.82, 2.24) is 5.43 Å². The fraction of sp³-hybridized carbons (Fsp3) is 0.125. The van der Waals surface area contributed by atoms with Crippen molar-refractivity contribution in [3.63, 3.8) is 0 Å². The lowest BCUT2D eigenvalue weighted by atomic mass is 10.1. The number of rotatable bonds is 3. The number of hydrogen-bond donors (Lipinski definition) is 1. The molecule has 26 heavy (non-hydrogen) atoms. The number of nitro groups is 1. The molecule has 0 saturated carbocycles. The lowest BCUT2D eigenvalue weighted by Gasteiger charge is -2.18. The van der Waals surface area contributed by atoms with E-state index in [9.17, 15) is 27.7 Å². The fourth-order valence-corrected chi connectivity index (χ4v) is 4.00. The first-order chi connectivity index (χ1) is 12.3. The van der Waals surface area contributed by atoms with Gasteiger partial charge in [-0.15, -0.1) is 0 Å². The molecule has 134 valence electrons. The molecule has 1 aliphatic heterocycles. The number of benzene rings is 2. The van der Waals surface area contributed by atoms with Gasteiger partial charge in [0, 0.05) is 29.7 Å². The van der Waals surface area contributed by atoms with Crippen LogP contribution in [0.15, 0.2) is 52.5 Å². The van der Waals surface area contributed by atoms with Crippen LogP contribution in [0.3, 0.4) is 0 Å². The molecule has 8 nitrogen and oxygen atoms in total. The molecule has 2 aromatic carbocycles. The summed E-state index contributed by atoms with van der Waals surface area (Å²) >= 11 is 0. The molecule has 3 rings (SSSR count). The molecular weight excluding hydrogens is 365 g/mol. The second kappa shape index (κ2) is 6.64. The van der Waals surface area contributed by atoms with Crippen LogP contribution in [0.25, 0.3) is 0 Å². The first-order valence-corrected chi connectivity index (χ1v) is 9.07. The fourth-order valence-electron chi connectivity index (χ4n) is 2.53. The molecule has 1 aliphatic rings. The molecule has 0 aliphatic carbocycles. The van der Waals surface area contributed by atoms with Crippen molar-refractivity contribution in [3.8, 4) is 0 Å². The maximum Gasteiger partial charge on any atom is 0.271 e. The molecule has 1 heterocycles. The Morgan fingerprint density at radius 2 is 2.00 bits per heavy atom. The second-order valence-electron chi connectivity index (χ2n) is 5.52. The van der Waals surface area contributed by atoms with Crippen molar-refractivity contribution >= 4 is 27.1 Å². The molecule has 0 radical (unpaired) electrons. The van der Waals surface area contributed by atoms with Crippen LogP contribution < -0.4 is 5.43 Å². The maximum absolute atomic E-state index is 13.5. The number of hydrogen-bond acceptors (Lipinski definition) is 6. The van der Waals surface area contributed by atoms with E-state index >= 15 is 0 Å². The predicted octanol–water partition coefficient (Wildman–Crippen LogP) is 2.05. The topological polar surface area (TPSA) is 119 Å². The number of nitro benzene ring substituents is 1. The first kappa shape index (κ1) is 17.7. The van der Waals surface area contributed by atoms with Crippen molar-refractivity contribution < 1.29 is 22.5 Å². The summed E-state index contributed by atoms with van der Waals surface area (Å²) in [6.07, 6.45) is 0.00794. The zero-order valence-electron chi connectivity index (χ0n) is 13.2. The third-order valence-corrected chi connectivity index (χ3v) is 5.57. The summed E-state index contributed by atoms with van der Waals surface area (Å²) in [4.78, 5) is 22.2. The van der Waals surface area contributed by atoms with Crippen LogP contribution in [0, 0.1) is 15.9 Å². The van der Waals surface area contributed by atoms with Gasteiger partial charge in [-0.1, -0.05) is 6.07 Å². The second-order valence-corrected chi connectivity index (χ2v) is 7.59. The summed E-state index contributed by atoms with van der Waals surface area (Å²) < 4.78 is 37.6. The lowest BCUT2D eigenvalue weighted by molar-refractivity contribution is -0.384. The van der Waals surface area contributed by atoms with Crippen LogP contribution in [0.4, 0.5) is 10.1 Å². The number of nitrogens with zero attached hydrogens (tertiary/aromatic N) is 2. The van der Waals surface area contributed by atoms with Crippen LogP contribution in [0.1, 0.15) is 22.3 Å². The molecule has 0 unspecified atom stereocenters. The average Bonchev–Trinajstić information content (AvgIpc) is 2.60. The van der Waals surface area contributed by atoms with E-state index in [4.69, 9.17) is 0 Å². The van der Waals surface area contributed by atoms with Crippen molar-refractivity contribution in [2.24, 2.45) is 5.10 Å². The molecule has 1 N–H and O–H groups in total. The minimum atomic E-state index is -3.53. The SMILES string of the molecule is O=C(NN=C1CCS(=O)(=O)c2ccc(F)cc21)c1cccc([N+](=O)[O-])c1. The van der Waals surface area contributed by atoms with Gasteiger partial charge in [0.25, 0.3) is 11.6 Å². The number of sulfone groups is 1. The number of carbonyl (C=O) groups is 1. The Morgan fingerprint density at radius 3 is 2.73 bits per heavy atom. The zero-order chi connectivity index (χ0) is 18.9. The van der Waals surface area contributed by atoms with E-state index in [-0.39, 0.29) is 39.6 Å². The van der Waals surface area contributed by atoms with Crippen LogP contribution in [-0.4, -0.2) is 30.7 Å². The van der Waals surface area contributed by atoms with E-state index in [2.05, 4.69) is 10.5 Å². The highest BCUT2D eigenvalue weighted by Gasteiger charge is 2.28. The number of halogens is 1. The van der Waals surface area contributed by atoms with Crippen molar-refractivity contribution in [3.05, 3.63) is 69.5 Å². The van der Waals surface area contributed by atoms with Crippen LogP contribution in [-0.2, 0) is 9.84 Å². The summed E-state index contributed by atoms with van der Waals surface area (Å²) in [5, 5.41) is 14.7. The van der Waals surface area contributed by atoms with Crippen LogP contribution in [0.5, 0.6) is 0 Å². The maximum atomic E-state index is 13.5. The Balaban J connectivity index is 1.90. The van der Waals surface area contributed by atoms with Gasteiger partial charge >= 0.3 is 0 Å². The normalized spacial score (nSPS) is 16.7. The largest absolute Gasteiger partial charge is 0.271 e. The number of carbonyl (C=O) groups excluding carboxylic acids is 1. The van der Waals surface area contributed by atoms with Gasteiger partial charge in [-0.25, -0.2) is 18.2 Å².